The molecule has 0 bridgehead atoms. The first-order valence-electron chi connectivity index (χ1n) is 7.76. The molecule has 2 aromatic rings. The van der Waals surface area contributed by atoms with Crippen LogP contribution in [0.15, 0.2) is 47.4 Å². The normalized spacial score (nSPS) is 16.3. The molecule has 1 saturated carbocycles. The number of nitrogens with two attached hydrogens (primary N) is 1. The van der Waals surface area contributed by atoms with E-state index >= 15 is 0 Å². The van der Waals surface area contributed by atoms with Crippen LogP contribution in [0.5, 0.6) is 0 Å². The van der Waals surface area contributed by atoms with Gasteiger partial charge in [-0.3, -0.25) is 0 Å². The lowest BCUT2D eigenvalue weighted by atomic mass is 9.95. The van der Waals surface area contributed by atoms with Gasteiger partial charge in [-0.05, 0) is 42.7 Å². The zero-order valence-corrected chi connectivity index (χ0v) is 14.3. The van der Waals surface area contributed by atoms with Crippen LogP contribution < -0.4 is 10.5 Å². The van der Waals surface area contributed by atoms with E-state index < -0.39 is 32.1 Å². The van der Waals surface area contributed by atoms with Crippen molar-refractivity contribution < 1.29 is 26.0 Å². The molecule has 1 aliphatic rings. The molecule has 0 atom stereocenters. The van der Waals surface area contributed by atoms with Crippen molar-refractivity contribution in [2.24, 2.45) is 5.14 Å². The maximum absolute atomic E-state index is 14.0. The predicted molar refractivity (Wildman–Crippen MR) is 88.6 cm³/mol. The van der Waals surface area contributed by atoms with E-state index in [0.717, 1.165) is 6.07 Å². The first-order chi connectivity index (χ1) is 12.0. The van der Waals surface area contributed by atoms with Gasteiger partial charge in [0.05, 0.1) is 10.5 Å². The highest BCUT2D eigenvalue weighted by Crippen LogP contribution is 2.49. The number of halogens is 4. The second kappa shape index (κ2) is 6.24. The molecule has 3 rings (SSSR count). The number of benzene rings is 2. The third-order valence-corrected chi connectivity index (χ3v) is 5.49. The van der Waals surface area contributed by atoms with Crippen molar-refractivity contribution in [3.8, 4) is 0 Å². The van der Waals surface area contributed by atoms with Gasteiger partial charge in [-0.25, -0.2) is 17.9 Å². The maximum Gasteiger partial charge on any atom is 0.417 e. The molecule has 26 heavy (non-hydrogen) atoms. The Morgan fingerprint density at radius 1 is 1.12 bits per heavy atom. The Morgan fingerprint density at radius 3 is 2.31 bits per heavy atom. The minimum atomic E-state index is -4.87. The first kappa shape index (κ1) is 18.7. The van der Waals surface area contributed by atoms with Gasteiger partial charge >= 0.3 is 6.18 Å². The van der Waals surface area contributed by atoms with Crippen molar-refractivity contribution in [1.82, 2.24) is 0 Å². The standard InChI is InChI=1S/C17H16F4N2O2S/c18-14-4-2-1-3-12(14)16(7-8-16)10-23-11-5-6-15(26(22,24)25)13(9-11)17(19,20)21/h1-6,9,23H,7-8,10H2,(H2,22,24,25). The summed E-state index contributed by atoms with van der Waals surface area (Å²) < 4.78 is 76.2. The van der Waals surface area contributed by atoms with E-state index in [0.29, 0.717) is 24.5 Å². The van der Waals surface area contributed by atoms with Gasteiger partial charge in [0, 0.05) is 17.6 Å². The van der Waals surface area contributed by atoms with Crippen molar-refractivity contribution in [3.05, 3.63) is 59.4 Å². The highest BCUT2D eigenvalue weighted by Gasteiger charge is 2.45. The Bertz CT molecular complexity index is 938. The average molecular weight is 388 g/mol. The van der Waals surface area contributed by atoms with Gasteiger partial charge in [-0.15, -0.1) is 0 Å². The summed E-state index contributed by atoms with van der Waals surface area (Å²) in [5, 5.41) is 7.72. The van der Waals surface area contributed by atoms with E-state index in [2.05, 4.69) is 5.32 Å². The molecule has 0 heterocycles. The lowest BCUT2D eigenvalue weighted by Gasteiger charge is -2.19. The molecule has 1 fully saturated rings. The lowest BCUT2D eigenvalue weighted by molar-refractivity contribution is -0.139. The summed E-state index contributed by atoms with van der Waals surface area (Å²) in [4.78, 5) is -0.981. The van der Waals surface area contributed by atoms with Crippen molar-refractivity contribution in [2.75, 3.05) is 11.9 Å². The van der Waals surface area contributed by atoms with Crippen LogP contribution in [0.1, 0.15) is 24.0 Å². The van der Waals surface area contributed by atoms with Gasteiger partial charge in [0.2, 0.25) is 10.0 Å². The molecule has 0 unspecified atom stereocenters. The fraction of sp³-hybridized carbons (Fsp3) is 0.294. The largest absolute Gasteiger partial charge is 0.417 e. The van der Waals surface area contributed by atoms with Crippen LogP contribution in [0.2, 0.25) is 0 Å². The van der Waals surface area contributed by atoms with Crippen LogP contribution in [0.3, 0.4) is 0 Å². The second-order valence-electron chi connectivity index (χ2n) is 6.37. The third kappa shape index (κ3) is 3.68. The molecule has 140 valence electrons. The summed E-state index contributed by atoms with van der Waals surface area (Å²) in [5.74, 6) is -0.354. The monoisotopic (exact) mass is 388 g/mol. The van der Waals surface area contributed by atoms with Crippen LogP contribution in [0.25, 0.3) is 0 Å². The minimum absolute atomic E-state index is 0.0901. The molecule has 0 amide bonds. The zero-order valence-electron chi connectivity index (χ0n) is 13.5. The summed E-state index contributed by atoms with van der Waals surface area (Å²) >= 11 is 0. The number of hydrogen-bond acceptors (Lipinski definition) is 3. The molecule has 9 heteroatoms. The Balaban J connectivity index is 1.87. The fourth-order valence-corrected chi connectivity index (χ4v) is 3.70. The van der Waals surface area contributed by atoms with Crippen molar-refractivity contribution >= 4 is 15.7 Å². The van der Waals surface area contributed by atoms with Gasteiger partial charge in [0.15, 0.2) is 0 Å². The quantitative estimate of drug-likeness (QED) is 0.769. The van der Waals surface area contributed by atoms with E-state index in [1.54, 1.807) is 18.2 Å². The van der Waals surface area contributed by atoms with Crippen LogP contribution >= 0.6 is 0 Å². The lowest BCUT2D eigenvalue weighted by Crippen LogP contribution is -2.22. The fourth-order valence-electron chi connectivity index (χ4n) is 2.96. The number of nitrogens with one attached hydrogen (secondary N) is 1. The predicted octanol–water partition coefficient (Wildman–Crippen LogP) is 3.64. The summed E-state index contributed by atoms with van der Waals surface area (Å²) in [6.07, 6.45) is -3.45. The van der Waals surface area contributed by atoms with Gasteiger partial charge in [-0.1, -0.05) is 18.2 Å². The van der Waals surface area contributed by atoms with E-state index in [1.807, 2.05) is 0 Å². The molecule has 0 aromatic heterocycles. The number of anilines is 1. The summed E-state index contributed by atoms with van der Waals surface area (Å²) in [5.41, 5.74) is -1.19. The molecule has 0 radical (unpaired) electrons. The zero-order chi connectivity index (χ0) is 19.2. The first-order valence-corrected chi connectivity index (χ1v) is 9.31. The van der Waals surface area contributed by atoms with Crippen LogP contribution in [0, 0.1) is 5.82 Å². The third-order valence-electron chi connectivity index (χ3n) is 4.52. The average Bonchev–Trinajstić information content (AvgIpc) is 3.32. The van der Waals surface area contributed by atoms with Crippen molar-refractivity contribution in [2.45, 2.75) is 29.3 Å². The highest BCUT2D eigenvalue weighted by molar-refractivity contribution is 7.89. The van der Waals surface area contributed by atoms with Gasteiger partial charge in [0.25, 0.3) is 0 Å². The maximum atomic E-state index is 14.0. The topological polar surface area (TPSA) is 72.2 Å². The Morgan fingerprint density at radius 2 is 1.77 bits per heavy atom. The van der Waals surface area contributed by atoms with Crippen molar-refractivity contribution in [3.63, 3.8) is 0 Å². The molecular weight excluding hydrogens is 372 g/mol. The van der Waals surface area contributed by atoms with Crippen LogP contribution in [-0.2, 0) is 21.6 Å². The van der Waals surface area contributed by atoms with E-state index in [4.69, 9.17) is 5.14 Å². The van der Waals surface area contributed by atoms with Gasteiger partial charge < -0.3 is 5.32 Å². The van der Waals surface area contributed by atoms with Crippen LogP contribution in [-0.4, -0.2) is 15.0 Å². The molecule has 0 saturated heterocycles. The van der Waals surface area contributed by atoms with E-state index in [-0.39, 0.29) is 18.0 Å². The van der Waals surface area contributed by atoms with Gasteiger partial charge in [-0.2, -0.15) is 13.2 Å². The Kier molecular flexibility index (Phi) is 4.48. The Hall–Kier alpha value is -2.13. The van der Waals surface area contributed by atoms with E-state index in [1.165, 1.54) is 12.1 Å². The van der Waals surface area contributed by atoms with Gasteiger partial charge in [0.1, 0.15) is 5.82 Å². The van der Waals surface area contributed by atoms with Crippen LogP contribution in [0.4, 0.5) is 23.2 Å². The SMILES string of the molecule is NS(=O)(=O)c1ccc(NCC2(c3ccccc3F)CC2)cc1C(F)(F)F. The number of alkyl halides is 3. The molecule has 0 aliphatic heterocycles. The Labute approximate surface area is 148 Å². The minimum Gasteiger partial charge on any atom is -0.384 e. The molecule has 3 N–H and O–H groups in total. The van der Waals surface area contributed by atoms with E-state index in [9.17, 15) is 26.0 Å². The number of primary sulfonamides is 1. The summed E-state index contributed by atoms with van der Waals surface area (Å²) in [7, 11) is -4.51. The molecule has 1 aliphatic carbocycles. The molecule has 2 aromatic carbocycles. The summed E-state index contributed by atoms with van der Waals surface area (Å²) in [6.45, 7) is 0.236. The molecule has 0 spiro atoms. The van der Waals surface area contributed by atoms with Crippen molar-refractivity contribution in [1.29, 1.82) is 0 Å². The smallest absolute Gasteiger partial charge is 0.384 e. The molecular formula is C17H16F4N2O2S. The number of hydrogen-bond donors (Lipinski definition) is 2. The number of sulfonamides is 1. The highest BCUT2D eigenvalue weighted by atomic mass is 32.2. The molecule has 4 nitrogen and oxygen atoms in total. The number of rotatable bonds is 5. The summed E-state index contributed by atoms with van der Waals surface area (Å²) in [6, 6.07) is 9.03. The second-order valence-corrected chi connectivity index (χ2v) is 7.90.